The predicted octanol–water partition coefficient (Wildman–Crippen LogP) is 4.62. The second kappa shape index (κ2) is 5.61. The number of alkyl halides is 3. The summed E-state index contributed by atoms with van der Waals surface area (Å²) in [5, 5.41) is 0. The minimum atomic E-state index is -4.38. The molecule has 1 heterocycles. The molecule has 6 heteroatoms. The molecule has 0 saturated heterocycles. The average molecular weight is 348 g/mol. The van der Waals surface area contributed by atoms with Gasteiger partial charge in [0.25, 0.3) is 0 Å². The highest BCUT2D eigenvalue weighted by Crippen LogP contribution is 2.36. The summed E-state index contributed by atoms with van der Waals surface area (Å²) in [6, 6.07) is 6.77. The van der Waals surface area contributed by atoms with Crippen molar-refractivity contribution in [2.75, 3.05) is 0 Å². The fourth-order valence-electron chi connectivity index (χ4n) is 1.84. The first-order valence-corrected chi connectivity index (χ1v) is 6.78. The number of furan rings is 1. The van der Waals surface area contributed by atoms with E-state index in [4.69, 9.17) is 10.2 Å². The summed E-state index contributed by atoms with van der Waals surface area (Å²) in [4.78, 5) is 0. The number of hydrogen-bond acceptors (Lipinski definition) is 2. The summed E-state index contributed by atoms with van der Waals surface area (Å²) in [6.45, 7) is 1.84. The molecule has 2 aromatic rings. The van der Waals surface area contributed by atoms with Gasteiger partial charge in [-0.15, -0.1) is 0 Å². The van der Waals surface area contributed by atoms with Crippen LogP contribution < -0.4 is 5.73 Å². The van der Waals surface area contributed by atoms with Crippen molar-refractivity contribution in [3.8, 4) is 11.3 Å². The highest BCUT2D eigenvalue weighted by atomic mass is 79.9. The van der Waals surface area contributed by atoms with Crippen LogP contribution in [-0.2, 0) is 12.6 Å². The van der Waals surface area contributed by atoms with Crippen molar-refractivity contribution in [2.24, 2.45) is 5.73 Å². The molecule has 20 heavy (non-hydrogen) atoms. The van der Waals surface area contributed by atoms with Crippen LogP contribution >= 0.6 is 15.9 Å². The van der Waals surface area contributed by atoms with E-state index in [0.29, 0.717) is 28.0 Å². The Labute approximate surface area is 122 Å². The molecule has 0 saturated carbocycles. The first-order valence-electron chi connectivity index (χ1n) is 5.99. The van der Waals surface area contributed by atoms with Crippen molar-refractivity contribution in [1.29, 1.82) is 0 Å². The highest BCUT2D eigenvalue weighted by molar-refractivity contribution is 9.10. The van der Waals surface area contributed by atoms with Crippen LogP contribution in [0.1, 0.15) is 18.2 Å². The van der Waals surface area contributed by atoms with Crippen LogP contribution in [0.25, 0.3) is 11.3 Å². The molecule has 0 amide bonds. The summed E-state index contributed by atoms with van der Waals surface area (Å²) in [5.74, 6) is 1.04. The van der Waals surface area contributed by atoms with Gasteiger partial charge in [0.2, 0.25) is 0 Å². The summed E-state index contributed by atoms with van der Waals surface area (Å²) >= 11 is 3.24. The van der Waals surface area contributed by atoms with Crippen LogP contribution in [0, 0.1) is 0 Å². The van der Waals surface area contributed by atoms with E-state index in [1.807, 2.05) is 6.92 Å². The molecule has 1 atom stereocenters. The standard InChI is InChI=1S/C14H13BrF3NO/c1-8(19)6-10-3-5-13(20-10)11-7-9(14(16,17)18)2-4-12(11)15/h2-5,7-8H,6,19H2,1H3. The van der Waals surface area contributed by atoms with Gasteiger partial charge in [0.1, 0.15) is 11.5 Å². The maximum Gasteiger partial charge on any atom is 0.416 e. The quantitative estimate of drug-likeness (QED) is 0.879. The molecule has 2 rings (SSSR count). The van der Waals surface area contributed by atoms with Gasteiger partial charge >= 0.3 is 6.18 Å². The van der Waals surface area contributed by atoms with Crippen LogP contribution in [0.15, 0.2) is 39.2 Å². The van der Waals surface area contributed by atoms with Crippen LogP contribution in [0.4, 0.5) is 13.2 Å². The molecule has 0 aliphatic heterocycles. The Morgan fingerprint density at radius 2 is 1.95 bits per heavy atom. The summed E-state index contributed by atoms with van der Waals surface area (Å²) in [5.41, 5.74) is 5.33. The lowest BCUT2D eigenvalue weighted by molar-refractivity contribution is -0.137. The molecule has 1 aromatic heterocycles. The second-order valence-corrected chi connectivity index (χ2v) is 5.49. The number of hydrogen-bond donors (Lipinski definition) is 1. The van der Waals surface area contributed by atoms with Crippen molar-refractivity contribution in [1.82, 2.24) is 0 Å². The van der Waals surface area contributed by atoms with Gasteiger partial charge < -0.3 is 10.2 Å². The van der Waals surface area contributed by atoms with Gasteiger partial charge in [0.05, 0.1) is 5.56 Å². The molecular weight excluding hydrogens is 335 g/mol. The van der Waals surface area contributed by atoms with Crippen LogP contribution in [-0.4, -0.2) is 6.04 Å². The molecule has 0 bridgehead atoms. The zero-order chi connectivity index (χ0) is 14.9. The minimum Gasteiger partial charge on any atom is -0.461 e. The summed E-state index contributed by atoms with van der Waals surface area (Å²) in [7, 11) is 0. The van der Waals surface area contributed by atoms with Gasteiger partial charge in [-0.2, -0.15) is 13.2 Å². The van der Waals surface area contributed by atoms with Crippen molar-refractivity contribution in [3.63, 3.8) is 0 Å². The number of benzene rings is 1. The molecule has 2 nitrogen and oxygen atoms in total. The van der Waals surface area contributed by atoms with E-state index in [2.05, 4.69) is 15.9 Å². The van der Waals surface area contributed by atoms with E-state index >= 15 is 0 Å². The number of rotatable bonds is 3. The van der Waals surface area contributed by atoms with E-state index in [-0.39, 0.29) is 6.04 Å². The van der Waals surface area contributed by atoms with Crippen LogP contribution in [0.2, 0.25) is 0 Å². The Hall–Kier alpha value is -1.27. The van der Waals surface area contributed by atoms with Gasteiger partial charge in [-0.3, -0.25) is 0 Å². The SMILES string of the molecule is CC(N)Cc1ccc(-c2cc(C(F)(F)F)ccc2Br)o1. The molecule has 0 radical (unpaired) electrons. The van der Waals surface area contributed by atoms with Crippen LogP contribution in [0.5, 0.6) is 0 Å². The summed E-state index contributed by atoms with van der Waals surface area (Å²) < 4.78 is 44.3. The van der Waals surface area contributed by atoms with Gasteiger partial charge in [-0.05, 0) is 37.3 Å². The van der Waals surface area contributed by atoms with Crippen molar-refractivity contribution in [2.45, 2.75) is 25.6 Å². The Morgan fingerprint density at radius 3 is 2.55 bits per heavy atom. The van der Waals surface area contributed by atoms with Crippen molar-refractivity contribution < 1.29 is 17.6 Å². The maximum absolute atomic E-state index is 12.7. The molecule has 108 valence electrons. The molecule has 1 unspecified atom stereocenters. The largest absolute Gasteiger partial charge is 0.461 e. The van der Waals surface area contributed by atoms with Gasteiger partial charge in [-0.25, -0.2) is 0 Å². The summed E-state index contributed by atoms with van der Waals surface area (Å²) in [6.07, 6.45) is -3.84. The highest BCUT2D eigenvalue weighted by Gasteiger charge is 2.31. The predicted molar refractivity (Wildman–Crippen MR) is 74.2 cm³/mol. The third-order valence-electron chi connectivity index (χ3n) is 2.74. The fourth-order valence-corrected chi connectivity index (χ4v) is 2.28. The molecule has 2 N–H and O–H groups in total. The monoisotopic (exact) mass is 347 g/mol. The van der Waals surface area contributed by atoms with E-state index in [9.17, 15) is 13.2 Å². The zero-order valence-electron chi connectivity index (χ0n) is 10.7. The fraction of sp³-hybridized carbons (Fsp3) is 0.286. The van der Waals surface area contributed by atoms with E-state index < -0.39 is 11.7 Å². The lowest BCUT2D eigenvalue weighted by atomic mass is 10.1. The Morgan fingerprint density at radius 1 is 1.25 bits per heavy atom. The molecule has 0 aliphatic carbocycles. The molecule has 1 aromatic carbocycles. The number of halogens is 4. The topological polar surface area (TPSA) is 39.2 Å². The molecular formula is C14H13BrF3NO. The van der Waals surface area contributed by atoms with E-state index in [0.717, 1.165) is 12.1 Å². The normalized spacial score (nSPS) is 13.5. The van der Waals surface area contributed by atoms with E-state index in [1.165, 1.54) is 6.07 Å². The molecule has 0 spiro atoms. The maximum atomic E-state index is 12.7. The first kappa shape index (κ1) is 15.1. The first-order chi connectivity index (χ1) is 9.27. The molecule has 0 fully saturated rings. The average Bonchev–Trinajstić information content (AvgIpc) is 2.75. The lowest BCUT2D eigenvalue weighted by Crippen LogP contribution is -2.17. The molecule has 0 aliphatic rings. The van der Waals surface area contributed by atoms with E-state index in [1.54, 1.807) is 12.1 Å². The van der Waals surface area contributed by atoms with Crippen LogP contribution in [0.3, 0.4) is 0 Å². The lowest BCUT2D eigenvalue weighted by Gasteiger charge is -2.09. The smallest absolute Gasteiger partial charge is 0.416 e. The third-order valence-corrected chi connectivity index (χ3v) is 3.44. The Bertz CT molecular complexity index is 605. The zero-order valence-corrected chi connectivity index (χ0v) is 12.3. The van der Waals surface area contributed by atoms with Gasteiger partial charge in [0, 0.05) is 22.5 Å². The van der Waals surface area contributed by atoms with Gasteiger partial charge in [0.15, 0.2) is 0 Å². The van der Waals surface area contributed by atoms with Crippen molar-refractivity contribution in [3.05, 3.63) is 46.1 Å². The van der Waals surface area contributed by atoms with Gasteiger partial charge in [-0.1, -0.05) is 15.9 Å². The second-order valence-electron chi connectivity index (χ2n) is 4.64. The third kappa shape index (κ3) is 3.43. The minimum absolute atomic E-state index is 0.0704. The number of nitrogens with two attached hydrogens (primary N) is 1. The van der Waals surface area contributed by atoms with Crippen molar-refractivity contribution >= 4 is 15.9 Å². The Kier molecular flexibility index (Phi) is 4.25. The Balaban J connectivity index is 2.39.